The molecule has 0 heterocycles. The minimum atomic E-state index is -4.22. The molecule has 0 saturated carbocycles. The van der Waals surface area contributed by atoms with Crippen molar-refractivity contribution in [3.63, 3.8) is 0 Å². The van der Waals surface area contributed by atoms with Gasteiger partial charge in [0.2, 0.25) is 11.8 Å². The molecule has 0 aromatic heterocycles. The van der Waals surface area contributed by atoms with Crippen molar-refractivity contribution in [1.82, 2.24) is 10.2 Å². The Morgan fingerprint density at radius 1 is 0.864 bits per heavy atom. The van der Waals surface area contributed by atoms with Crippen molar-refractivity contribution in [3.05, 3.63) is 131 Å². The zero-order valence-corrected chi connectivity index (χ0v) is 26.2. The lowest BCUT2D eigenvalue weighted by molar-refractivity contribution is -0.140. The molecule has 0 aliphatic rings. The highest BCUT2D eigenvalue weighted by molar-refractivity contribution is 7.92. The van der Waals surface area contributed by atoms with E-state index in [1.54, 1.807) is 36.4 Å². The number of rotatable bonds is 13. The van der Waals surface area contributed by atoms with E-state index in [1.165, 1.54) is 41.3 Å². The number of anilines is 1. The van der Waals surface area contributed by atoms with Gasteiger partial charge in [-0.2, -0.15) is 0 Å². The van der Waals surface area contributed by atoms with Crippen molar-refractivity contribution in [3.8, 4) is 0 Å². The lowest BCUT2D eigenvalue weighted by atomic mass is 10.0. The Morgan fingerprint density at radius 2 is 1.50 bits per heavy atom. The van der Waals surface area contributed by atoms with Gasteiger partial charge in [0.05, 0.1) is 10.6 Å². The molecule has 0 bridgehead atoms. The van der Waals surface area contributed by atoms with Crippen LogP contribution in [0.25, 0.3) is 0 Å². The van der Waals surface area contributed by atoms with Gasteiger partial charge in [-0.1, -0.05) is 78.7 Å². The molecule has 0 saturated heterocycles. The number of carbonyl (C=O) groups excluding carboxylic acids is 2. The van der Waals surface area contributed by atoms with Crippen molar-refractivity contribution >= 4 is 39.1 Å². The van der Waals surface area contributed by atoms with Crippen LogP contribution in [-0.4, -0.2) is 44.3 Å². The lowest BCUT2D eigenvalue weighted by Crippen LogP contribution is -2.53. The molecule has 0 fully saturated rings. The Kier molecular flexibility index (Phi) is 11.1. The van der Waals surface area contributed by atoms with Crippen molar-refractivity contribution in [1.29, 1.82) is 0 Å². The van der Waals surface area contributed by atoms with Crippen LogP contribution in [0.2, 0.25) is 5.02 Å². The number of carbonyl (C=O) groups is 2. The van der Waals surface area contributed by atoms with Crippen LogP contribution in [-0.2, 0) is 32.6 Å². The van der Waals surface area contributed by atoms with Crippen LogP contribution in [0.15, 0.2) is 108 Å². The molecule has 1 N–H and O–H groups in total. The molecule has 4 aromatic rings. The molecular weight excluding hydrogens is 601 g/mol. The maximum absolute atomic E-state index is 14.3. The molecule has 4 aromatic carbocycles. The molecule has 0 aliphatic heterocycles. The second-order valence-corrected chi connectivity index (χ2v) is 12.7. The summed E-state index contributed by atoms with van der Waals surface area (Å²) in [6.45, 7) is 3.54. The van der Waals surface area contributed by atoms with Gasteiger partial charge in [-0.15, -0.1) is 0 Å². The van der Waals surface area contributed by atoms with E-state index in [2.05, 4.69) is 5.32 Å². The second kappa shape index (κ2) is 15.0. The van der Waals surface area contributed by atoms with Crippen LogP contribution >= 0.6 is 11.6 Å². The molecule has 0 aliphatic carbocycles. The number of amides is 2. The maximum atomic E-state index is 14.3. The third-order valence-electron chi connectivity index (χ3n) is 7.09. The monoisotopic (exact) mass is 635 g/mol. The summed E-state index contributed by atoms with van der Waals surface area (Å²) in [6, 6.07) is 26.4. The zero-order chi connectivity index (χ0) is 31.7. The standard InChI is InChI=1S/C34H35ClFN3O4S/c1-3-21-37-34(41)32(22-26-7-5-4-6-8-26)38(23-27-11-15-29(36)16-12-27)33(40)24-39(30-17-13-28(35)14-18-30)44(42,43)31-19-9-25(2)10-20-31/h4-20,32H,3,21-24H2,1-2H3,(H,37,41). The average Bonchev–Trinajstić information content (AvgIpc) is 3.02. The number of halogens is 2. The summed E-state index contributed by atoms with van der Waals surface area (Å²) in [5.41, 5.74) is 2.52. The number of hydrogen-bond acceptors (Lipinski definition) is 4. The molecule has 1 atom stereocenters. The minimum Gasteiger partial charge on any atom is -0.354 e. The minimum absolute atomic E-state index is 0.0115. The van der Waals surface area contributed by atoms with Gasteiger partial charge in [-0.05, 0) is 73.0 Å². The Labute approximate surface area is 263 Å². The number of hydrogen-bond donors (Lipinski definition) is 1. The van der Waals surface area contributed by atoms with Crippen molar-refractivity contribution in [2.75, 3.05) is 17.4 Å². The summed E-state index contributed by atoms with van der Waals surface area (Å²) in [4.78, 5) is 29.4. The van der Waals surface area contributed by atoms with Gasteiger partial charge in [-0.25, -0.2) is 12.8 Å². The first-order chi connectivity index (χ1) is 21.1. The number of sulfonamides is 1. The number of nitrogens with one attached hydrogen (secondary N) is 1. The molecule has 0 spiro atoms. The van der Waals surface area contributed by atoms with Gasteiger partial charge in [0, 0.05) is 24.5 Å². The zero-order valence-electron chi connectivity index (χ0n) is 24.6. The fourth-order valence-corrected chi connectivity index (χ4v) is 6.22. The normalized spacial score (nSPS) is 11.9. The predicted octanol–water partition coefficient (Wildman–Crippen LogP) is 6.15. The van der Waals surface area contributed by atoms with Gasteiger partial charge in [0.25, 0.3) is 10.0 Å². The Morgan fingerprint density at radius 3 is 2.11 bits per heavy atom. The van der Waals surface area contributed by atoms with Gasteiger partial charge in [0.15, 0.2) is 0 Å². The molecule has 7 nitrogen and oxygen atoms in total. The lowest BCUT2D eigenvalue weighted by Gasteiger charge is -2.34. The first-order valence-corrected chi connectivity index (χ1v) is 16.1. The van der Waals surface area contributed by atoms with Gasteiger partial charge in [0.1, 0.15) is 18.4 Å². The molecule has 10 heteroatoms. The number of aryl methyl sites for hydroxylation is 1. The van der Waals surface area contributed by atoms with Crippen LogP contribution in [0.5, 0.6) is 0 Å². The van der Waals surface area contributed by atoms with E-state index in [0.29, 0.717) is 23.6 Å². The van der Waals surface area contributed by atoms with Crippen LogP contribution < -0.4 is 9.62 Å². The highest BCUT2D eigenvalue weighted by Gasteiger charge is 2.34. The van der Waals surface area contributed by atoms with Crippen LogP contribution in [0.1, 0.15) is 30.0 Å². The van der Waals surface area contributed by atoms with Crippen molar-refractivity contribution < 1.29 is 22.4 Å². The quantitative estimate of drug-likeness (QED) is 0.191. The molecule has 0 radical (unpaired) electrons. The van der Waals surface area contributed by atoms with E-state index in [-0.39, 0.29) is 29.5 Å². The SMILES string of the molecule is CCCNC(=O)C(Cc1ccccc1)N(Cc1ccc(F)cc1)C(=O)CN(c1ccc(Cl)cc1)S(=O)(=O)c1ccc(C)cc1. The summed E-state index contributed by atoms with van der Waals surface area (Å²) in [5, 5.41) is 3.30. The summed E-state index contributed by atoms with van der Waals surface area (Å²) in [5.74, 6) is -1.41. The Bertz CT molecular complexity index is 1650. The van der Waals surface area contributed by atoms with Crippen LogP contribution in [0, 0.1) is 12.7 Å². The molecule has 1 unspecified atom stereocenters. The third kappa shape index (κ3) is 8.45. The first kappa shape index (κ1) is 32.7. The van der Waals surface area contributed by atoms with E-state index < -0.39 is 34.3 Å². The summed E-state index contributed by atoms with van der Waals surface area (Å²) >= 11 is 6.10. The summed E-state index contributed by atoms with van der Waals surface area (Å²) in [6.07, 6.45) is 0.879. The average molecular weight is 636 g/mol. The Balaban J connectivity index is 1.78. The van der Waals surface area contributed by atoms with E-state index in [9.17, 15) is 22.4 Å². The predicted molar refractivity (Wildman–Crippen MR) is 171 cm³/mol. The topological polar surface area (TPSA) is 86.8 Å². The van der Waals surface area contributed by atoms with Gasteiger partial charge < -0.3 is 10.2 Å². The smallest absolute Gasteiger partial charge is 0.264 e. The van der Waals surface area contributed by atoms with E-state index in [1.807, 2.05) is 44.2 Å². The molecule has 44 heavy (non-hydrogen) atoms. The summed E-state index contributed by atoms with van der Waals surface area (Å²) in [7, 11) is -4.22. The maximum Gasteiger partial charge on any atom is 0.264 e. The highest BCUT2D eigenvalue weighted by atomic mass is 35.5. The molecular formula is C34H35ClFN3O4S. The fourth-order valence-electron chi connectivity index (χ4n) is 4.68. The van der Waals surface area contributed by atoms with Crippen molar-refractivity contribution in [2.45, 2.75) is 44.2 Å². The van der Waals surface area contributed by atoms with E-state index >= 15 is 0 Å². The van der Waals surface area contributed by atoms with E-state index in [0.717, 1.165) is 15.4 Å². The number of nitrogens with zero attached hydrogens (tertiary/aromatic N) is 2. The van der Waals surface area contributed by atoms with Gasteiger partial charge >= 0.3 is 0 Å². The molecule has 230 valence electrons. The van der Waals surface area contributed by atoms with E-state index in [4.69, 9.17) is 11.6 Å². The van der Waals surface area contributed by atoms with Crippen molar-refractivity contribution in [2.24, 2.45) is 0 Å². The van der Waals surface area contributed by atoms with Crippen LogP contribution in [0.4, 0.5) is 10.1 Å². The largest absolute Gasteiger partial charge is 0.354 e. The van der Waals surface area contributed by atoms with Gasteiger partial charge in [-0.3, -0.25) is 13.9 Å². The summed E-state index contributed by atoms with van der Waals surface area (Å²) < 4.78 is 42.8. The highest BCUT2D eigenvalue weighted by Crippen LogP contribution is 2.26. The third-order valence-corrected chi connectivity index (χ3v) is 9.13. The first-order valence-electron chi connectivity index (χ1n) is 14.3. The Hall–Kier alpha value is -4.21. The molecule has 2 amide bonds. The fraction of sp³-hybridized carbons (Fsp3) is 0.235. The number of benzene rings is 4. The molecule has 4 rings (SSSR count). The van der Waals surface area contributed by atoms with Crippen LogP contribution in [0.3, 0.4) is 0 Å². The second-order valence-electron chi connectivity index (χ2n) is 10.4.